The van der Waals surface area contributed by atoms with E-state index in [-0.39, 0.29) is 22.2 Å². The first-order chi connectivity index (χ1) is 9.68. The summed E-state index contributed by atoms with van der Waals surface area (Å²) in [7, 11) is 0. The molecule has 0 spiro atoms. The van der Waals surface area contributed by atoms with Crippen LogP contribution in [0.2, 0.25) is 0 Å². The van der Waals surface area contributed by atoms with E-state index in [1.165, 1.54) is 0 Å². The van der Waals surface area contributed by atoms with Crippen molar-refractivity contribution < 1.29 is 14.2 Å². The topological polar surface area (TPSA) is 27.7 Å². The van der Waals surface area contributed by atoms with Gasteiger partial charge in [0.05, 0.1) is 36.6 Å². The minimum Gasteiger partial charge on any atom is -0.375 e. The third-order valence-corrected chi connectivity index (χ3v) is 3.21. The number of hydrogen-bond acceptors (Lipinski definition) is 3. The maximum Gasteiger partial charge on any atom is 0.0598 e. The SMILES string of the molecule is CCCC(COC(C)(C)C)(COC(C)(C)C)COC(C)(C)C. The van der Waals surface area contributed by atoms with Gasteiger partial charge in [0.1, 0.15) is 0 Å². The van der Waals surface area contributed by atoms with Crippen molar-refractivity contribution in [3.05, 3.63) is 0 Å². The van der Waals surface area contributed by atoms with E-state index in [2.05, 4.69) is 69.2 Å². The zero-order chi connectivity index (χ0) is 17.7. The van der Waals surface area contributed by atoms with Gasteiger partial charge in [-0.1, -0.05) is 13.3 Å². The summed E-state index contributed by atoms with van der Waals surface area (Å²) < 4.78 is 18.4. The second-order valence-corrected chi connectivity index (χ2v) is 9.45. The highest BCUT2D eigenvalue weighted by molar-refractivity contribution is 4.82. The van der Waals surface area contributed by atoms with Gasteiger partial charge in [0.15, 0.2) is 0 Å². The van der Waals surface area contributed by atoms with E-state index >= 15 is 0 Å². The Morgan fingerprint density at radius 1 is 0.545 bits per heavy atom. The van der Waals surface area contributed by atoms with Gasteiger partial charge in [-0.3, -0.25) is 0 Å². The maximum absolute atomic E-state index is 6.12. The predicted octanol–water partition coefficient (Wildman–Crippen LogP) is 5.22. The van der Waals surface area contributed by atoms with Crippen molar-refractivity contribution in [2.75, 3.05) is 19.8 Å². The molecule has 0 atom stereocenters. The lowest BCUT2D eigenvalue weighted by atomic mass is 9.85. The number of hydrogen-bond donors (Lipinski definition) is 0. The Hall–Kier alpha value is -0.120. The zero-order valence-corrected chi connectivity index (χ0v) is 16.8. The number of ether oxygens (including phenoxy) is 3. The summed E-state index contributed by atoms with van der Waals surface area (Å²) in [5.74, 6) is 0. The summed E-state index contributed by atoms with van der Waals surface area (Å²) >= 11 is 0. The molecule has 3 nitrogen and oxygen atoms in total. The fraction of sp³-hybridized carbons (Fsp3) is 1.00. The average Bonchev–Trinajstić information content (AvgIpc) is 2.28. The van der Waals surface area contributed by atoms with E-state index < -0.39 is 0 Å². The zero-order valence-electron chi connectivity index (χ0n) is 16.8. The summed E-state index contributed by atoms with van der Waals surface area (Å²) in [5.41, 5.74) is -0.546. The van der Waals surface area contributed by atoms with Gasteiger partial charge in [-0.05, 0) is 68.7 Å². The molecule has 0 aliphatic carbocycles. The van der Waals surface area contributed by atoms with Crippen molar-refractivity contribution in [1.82, 2.24) is 0 Å². The van der Waals surface area contributed by atoms with Crippen molar-refractivity contribution in [2.24, 2.45) is 5.41 Å². The standard InChI is InChI=1S/C19H40O3/c1-11-12-19(13-20-16(2,3)4,14-21-17(5,6)7)15-22-18(8,9)10/h11-15H2,1-10H3. The molecule has 0 rings (SSSR count). The highest BCUT2D eigenvalue weighted by Gasteiger charge is 2.35. The van der Waals surface area contributed by atoms with E-state index in [0.29, 0.717) is 19.8 Å². The van der Waals surface area contributed by atoms with Gasteiger partial charge in [-0.25, -0.2) is 0 Å². The molecule has 22 heavy (non-hydrogen) atoms. The lowest BCUT2D eigenvalue weighted by molar-refractivity contribution is -0.151. The molecule has 0 unspecified atom stereocenters. The molecule has 3 heteroatoms. The van der Waals surface area contributed by atoms with Crippen molar-refractivity contribution in [3.8, 4) is 0 Å². The van der Waals surface area contributed by atoms with Crippen molar-refractivity contribution in [1.29, 1.82) is 0 Å². The van der Waals surface area contributed by atoms with E-state index in [1.807, 2.05) is 0 Å². The molecule has 0 heterocycles. The molecule has 0 aromatic carbocycles. The third kappa shape index (κ3) is 11.4. The summed E-state index contributed by atoms with van der Waals surface area (Å²) in [5, 5.41) is 0. The molecule has 0 bridgehead atoms. The van der Waals surface area contributed by atoms with Crippen LogP contribution in [0.3, 0.4) is 0 Å². The first-order valence-corrected chi connectivity index (χ1v) is 8.60. The molecular formula is C19H40O3. The molecule has 0 aliphatic rings. The van der Waals surface area contributed by atoms with E-state index in [9.17, 15) is 0 Å². The fourth-order valence-electron chi connectivity index (χ4n) is 1.98. The second kappa shape index (κ2) is 8.12. The molecule has 0 aromatic heterocycles. The first kappa shape index (κ1) is 21.9. The summed E-state index contributed by atoms with van der Waals surface area (Å²) in [6.45, 7) is 23.1. The van der Waals surface area contributed by atoms with Gasteiger partial charge in [-0.15, -0.1) is 0 Å². The van der Waals surface area contributed by atoms with Gasteiger partial charge >= 0.3 is 0 Å². The highest BCUT2D eigenvalue weighted by atomic mass is 16.5. The van der Waals surface area contributed by atoms with Crippen molar-refractivity contribution in [2.45, 2.75) is 98.9 Å². The van der Waals surface area contributed by atoms with Crippen LogP contribution in [0.25, 0.3) is 0 Å². The molecule has 0 aliphatic heterocycles. The molecular weight excluding hydrogens is 276 g/mol. The highest BCUT2D eigenvalue weighted by Crippen LogP contribution is 2.31. The molecule has 0 aromatic rings. The third-order valence-electron chi connectivity index (χ3n) is 3.21. The summed E-state index contributed by atoms with van der Waals surface area (Å²) in [6.07, 6.45) is 2.13. The van der Waals surface area contributed by atoms with E-state index in [1.54, 1.807) is 0 Å². The maximum atomic E-state index is 6.12. The van der Waals surface area contributed by atoms with Gasteiger partial charge < -0.3 is 14.2 Å². The largest absolute Gasteiger partial charge is 0.375 e. The fourth-order valence-corrected chi connectivity index (χ4v) is 1.98. The second-order valence-electron chi connectivity index (χ2n) is 9.45. The van der Waals surface area contributed by atoms with Gasteiger partial charge in [-0.2, -0.15) is 0 Å². The minimum atomic E-state index is -0.150. The van der Waals surface area contributed by atoms with Crippen LogP contribution in [0.5, 0.6) is 0 Å². The van der Waals surface area contributed by atoms with Crippen LogP contribution in [-0.4, -0.2) is 36.6 Å². The normalized spacial score (nSPS) is 14.5. The predicted molar refractivity (Wildman–Crippen MR) is 94.5 cm³/mol. The van der Waals surface area contributed by atoms with Crippen LogP contribution in [0, 0.1) is 5.41 Å². The molecule has 0 N–H and O–H groups in total. The van der Waals surface area contributed by atoms with Crippen LogP contribution < -0.4 is 0 Å². The van der Waals surface area contributed by atoms with Crippen molar-refractivity contribution >= 4 is 0 Å². The summed E-state index contributed by atoms with van der Waals surface area (Å²) in [6, 6.07) is 0. The minimum absolute atomic E-state index is 0.0947. The Labute approximate surface area is 139 Å². The van der Waals surface area contributed by atoms with Gasteiger partial charge in [0, 0.05) is 5.41 Å². The number of rotatable bonds is 8. The lowest BCUT2D eigenvalue weighted by Crippen LogP contribution is -2.43. The van der Waals surface area contributed by atoms with Crippen LogP contribution in [0.15, 0.2) is 0 Å². The van der Waals surface area contributed by atoms with Gasteiger partial charge in [0.2, 0.25) is 0 Å². The van der Waals surface area contributed by atoms with Crippen LogP contribution >= 0.6 is 0 Å². The molecule has 0 saturated carbocycles. The Balaban J connectivity index is 5.07. The smallest absolute Gasteiger partial charge is 0.0598 e. The first-order valence-electron chi connectivity index (χ1n) is 8.60. The average molecular weight is 317 g/mol. The Kier molecular flexibility index (Phi) is 8.08. The van der Waals surface area contributed by atoms with Crippen LogP contribution in [-0.2, 0) is 14.2 Å². The van der Waals surface area contributed by atoms with E-state index in [0.717, 1.165) is 12.8 Å². The Bertz CT molecular complexity index is 257. The molecule has 134 valence electrons. The molecule has 0 fully saturated rings. The molecule has 0 radical (unpaired) electrons. The van der Waals surface area contributed by atoms with Crippen LogP contribution in [0.4, 0.5) is 0 Å². The Morgan fingerprint density at radius 3 is 1.00 bits per heavy atom. The summed E-state index contributed by atoms with van der Waals surface area (Å²) in [4.78, 5) is 0. The lowest BCUT2D eigenvalue weighted by Gasteiger charge is -2.39. The Morgan fingerprint density at radius 2 is 0.818 bits per heavy atom. The van der Waals surface area contributed by atoms with Crippen LogP contribution in [0.1, 0.15) is 82.1 Å². The van der Waals surface area contributed by atoms with Gasteiger partial charge in [0.25, 0.3) is 0 Å². The molecule has 0 amide bonds. The monoisotopic (exact) mass is 316 g/mol. The molecule has 0 saturated heterocycles. The van der Waals surface area contributed by atoms with E-state index in [4.69, 9.17) is 14.2 Å². The quantitative estimate of drug-likeness (QED) is 0.614. The van der Waals surface area contributed by atoms with Crippen molar-refractivity contribution in [3.63, 3.8) is 0 Å².